The molecule has 1 amide bonds. The van der Waals surface area contributed by atoms with Gasteiger partial charge in [0, 0.05) is 7.05 Å². The second-order valence-electron chi connectivity index (χ2n) is 6.08. The van der Waals surface area contributed by atoms with Crippen molar-refractivity contribution in [1.29, 1.82) is 0 Å². The number of carbonyl (C=O) groups excluding carboxylic acids is 2. The summed E-state index contributed by atoms with van der Waals surface area (Å²) < 4.78 is 10.2. The minimum absolute atomic E-state index is 0.0387. The van der Waals surface area contributed by atoms with Gasteiger partial charge in [0.15, 0.2) is 6.61 Å². The minimum Gasteiger partial charge on any atom is -0.469 e. The predicted molar refractivity (Wildman–Crippen MR) is 88.6 cm³/mol. The van der Waals surface area contributed by atoms with E-state index in [9.17, 15) is 9.59 Å². The Bertz CT molecular complexity index is 749. The number of carbonyl (C=O) groups is 2. The molecule has 0 saturated carbocycles. The van der Waals surface area contributed by atoms with Crippen LogP contribution in [-0.4, -0.2) is 30.4 Å². The molecule has 5 heteroatoms. The molecule has 0 spiro atoms. The summed E-state index contributed by atoms with van der Waals surface area (Å²) in [7, 11) is 1.77. The number of benzene rings is 1. The molecule has 0 radical (unpaired) electrons. The molecule has 0 aliphatic heterocycles. The van der Waals surface area contributed by atoms with E-state index in [1.807, 2.05) is 12.1 Å². The van der Waals surface area contributed by atoms with Crippen molar-refractivity contribution in [2.24, 2.45) is 0 Å². The lowest BCUT2D eigenvalue weighted by molar-refractivity contribution is -0.135. The number of fused-ring (bicyclic) bond motifs is 1. The molecule has 2 aromatic rings. The fourth-order valence-electron chi connectivity index (χ4n) is 3.21. The van der Waals surface area contributed by atoms with E-state index < -0.39 is 5.97 Å². The van der Waals surface area contributed by atoms with Gasteiger partial charge in [0.25, 0.3) is 5.91 Å². The molecular formula is C19H21NO4. The van der Waals surface area contributed by atoms with E-state index in [1.54, 1.807) is 24.9 Å². The molecule has 1 aromatic carbocycles. The third-order valence-corrected chi connectivity index (χ3v) is 4.60. The number of aryl methyl sites for hydroxylation is 2. The lowest BCUT2D eigenvalue weighted by atomic mass is 9.87. The third kappa shape index (κ3) is 3.20. The highest BCUT2D eigenvalue weighted by molar-refractivity contribution is 5.92. The molecule has 126 valence electrons. The summed E-state index contributed by atoms with van der Waals surface area (Å²) in [6, 6.07) is 9.79. The Morgan fingerprint density at radius 1 is 1.29 bits per heavy atom. The first kappa shape index (κ1) is 16.3. The van der Waals surface area contributed by atoms with Gasteiger partial charge in [-0.1, -0.05) is 24.3 Å². The Labute approximate surface area is 141 Å². The van der Waals surface area contributed by atoms with Crippen LogP contribution in [0.3, 0.4) is 0 Å². The molecule has 1 aromatic heterocycles. The highest BCUT2D eigenvalue weighted by Gasteiger charge is 2.27. The van der Waals surface area contributed by atoms with Crippen molar-refractivity contribution in [3.63, 3.8) is 0 Å². The molecule has 3 rings (SSSR count). The Hall–Kier alpha value is -2.56. The quantitative estimate of drug-likeness (QED) is 0.809. The van der Waals surface area contributed by atoms with Gasteiger partial charge in [0.05, 0.1) is 12.3 Å². The van der Waals surface area contributed by atoms with E-state index in [0.717, 1.165) is 19.3 Å². The SMILES string of the molecule is Cc1occc1C(=O)OCC(=O)N(C)[C@H]1CCCc2ccccc21. The normalized spacial score (nSPS) is 16.3. The molecule has 0 unspecified atom stereocenters. The number of nitrogens with zero attached hydrogens (tertiary/aromatic N) is 1. The van der Waals surface area contributed by atoms with Crippen molar-refractivity contribution in [2.45, 2.75) is 32.2 Å². The second-order valence-corrected chi connectivity index (χ2v) is 6.08. The van der Waals surface area contributed by atoms with Crippen LogP contribution in [0, 0.1) is 6.92 Å². The lowest BCUT2D eigenvalue weighted by Gasteiger charge is -2.33. The van der Waals surface area contributed by atoms with Crippen molar-refractivity contribution in [1.82, 2.24) is 4.90 Å². The molecule has 0 N–H and O–H groups in total. The van der Waals surface area contributed by atoms with Crippen LogP contribution in [0.25, 0.3) is 0 Å². The number of amides is 1. The molecule has 0 bridgehead atoms. The number of hydrogen-bond donors (Lipinski definition) is 0. The first-order valence-electron chi connectivity index (χ1n) is 8.12. The number of esters is 1. The maximum absolute atomic E-state index is 12.4. The van der Waals surface area contributed by atoms with Crippen LogP contribution in [0.1, 0.15) is 46.1 Å². The Morgan fingerprint density at radius 2 is 2.08 bits per heavy atom. The lowest BCUT2D eigenvalue weighted by Crippen LogP contribution is -2.36. The first-order chi connectivity index (χ1) is 11.6. The minimum atomic E-state index is -0.535. The zero-order chi connectivity index (χ0) is 17.1. The molecule has 1 heterocycles. The van der Waals surface area contributed by atoms with Gasteiger partial charge in [0.1, 0.15) is 11.3 Å². The maximum atomic E-state index is 12.4. The first-order valence-corrected chi connectivity index (χ1v) is 8.12. The fraction of sp³-hybridized carbons (Fsp3) is 0.368. The number of furan rings is 1. The van der Waals surface area contributed by atoms with E-state index in [1.165, 1.54) is 17.4 Å². The summed E-state index contributed by atoms with van der Waals surface area (Å²) in [5.74, 6) is -0.250. The molecule has 1 aliphatic carbocycles. The molecule has 24 heavy (non-hydrogen) atoms. The standard InChI is InChI=1S/C19H21NO4/c1-13-15(10-11-23-13)19(22)24-12-18(21)20(2)17-9-5-7-14-6-3-4-8-16(14)17/h3-4,6,8,10-11,17H,5,7,9,12H2,1-2H3/t17-/m0/s1. The highest BCUT2D eigenvalue weighted by Crippen LogP contribution is 2.33. The number of hydrogen-bond acceptors (Lipinski definition) is 4. The van der Waals surface area contributed by atoms with Gasteiger partial charge in [-0.25, -0.2) is 4.79 Å². The maximum Gasteiger partial charge on any atom is 0.342 e. The van der Waals surface area contributed by atoms with E-state index in [2.05, 4.69) is 12.1 Å². The Morgan fingerprint density at radius 3 is 2.83 bits per heavy atom. The molecule has 5 nitrogen and oxygen atoms in total. The summed E-state index contributed by atoms with van der Waals surface area (Å²) >= 11 is 0. The van der Waals surface area contributed by atoms with Crippen LogP contribution in [0.5, 0.6) is 0 Å². The zero-order valence-corrected chi connectivity index (χ0v) is 14.0. The van der Waals surface area contributed by atoms with Crippen LogP contribution in [0.2, 0.25) is 0 Å². The van der Waals surface area contributed by atoms with Crippen molar-refractivity contribution < 1.29 is 18.7 Å². The van der Waals surface area contributed by atoms with E-state index in [4.69, 9.17) is 9.15 Å². The van der Waals surface area contributed by atoms with Gasteiger partial charge in [-0.15, -0.1) is 0 Å². The second kappa shape index (κ2) is 6.91. The van der Waals surface area contributed by atoms with Gasteiger partial charge < -0.3 is 14.1 Å². The zero-order valence-electron chi connectivity index (χ0n) is 14.0. The highest BCUT2D eigenvalue weighted by atomic mass is 16.5. The summed E-state index contributed by atoms with van der Waals surface area (Å²) in [6.07, 6.45) is 4.45. The average Bonchev–Trinajstić information content (AvgIpc) is 3.04. The molecule has 1 aliphatic rings. The van der Waals surface area contributed by atoms with Crippen LogP contribution in [-0.2, 0) is 16.0 Å². The van der Waals surface area contributed by atoms with Gasteiger partial charge >= 0.3 is 5.97 Å². The van der Waals surface area contributed by atoms with Crippen molar-refractivity contribution >= 4 is 11.9 Å². The van der Waals surface area contributed by atoms with E-state index >= 15 is 0 Å². The van der Waals surface area contributed by atoms with Crippen molar-refractivity contribution in [3.05, 3.63) is 59.0 Å². The van der Waals surface area contributed by atoms with Crippen LogP contribution < -0.4 is 0 Å². The van der Waals surface area contributed by atoms with Gasteiger partial charge in [-0.3, -0.25) is 4.79 Å². The molecule has 1 atom stereocenters. The number of rotatable bonds is 4. The molecule has 0 saturated heterocycles. The van der Waals surface area contributed by atoms with Gasteiger partial charge in [0.2, 0.25) is 0 Å². The van der Waals surface area contributed by atoms with Crippen LogP contribution in [0.4, 0.5) is 0 Å². The summed E-state index contributed by atoms with van der Waals surface area (Å²) in [5.41, 5.74) is 2.84. The van der Waals surface area contributed by atoms with Gasteiger partial charge in [-0.05, 0) is 43.4 Å². The Kier molecular flexibility index (Phi) is 4.69. The van der Waals surface area contributed by atoms with Crippen LogP contribution in [0.15, 0.2) is 41.0 Å². The average molecular weight is 327 g/mol. The van der Waals surface area contributed by atoms with E-state index in [0.29, 0.717) is 11.3 Å². The van der Waals surface area contributed by atoms with Crippen LogP contribution >= 0.6 is 0 Å². The number of ether oxygens (including phenoxy) is 1. The molecular weight excluding hydrogens is 306 g/mol. The predicted octanol–water partition coefficient (Wildman–Crippen LogP) is 3.28. The summed E-state index contributed by atoms with van der Waals surface area (Å²) in [5, 5.41) is 0. The molecule has 0 fully saturated rings. The number of likely N-dealkylation sites (N-methyl/N-ethyl adjacent to an activating group) is 1. The third-order valence-electron chi connectivity index (χ3n) is 4.60. The topological polar surface area (TPSA) is 59.8 Å². The van der Waals surface area contributed by atoms with Crippen molar-refractivity contribution in [3.8, 4) is 0 Å². The fourth-order valence-corrected chi connectivity index (χ4v) is 3.21. The van der Waals surface area contributed by atoms with Crippen molar-refractivity contribution in [2.75, 3.05) is 13.7 Å². The monoisotopic (exact) mass is 327 g/mol. The summed E-state index contributed by atoms with van der Waals surface area (Å²) in [4.78, 5) is 26.1. The van der Waals surface area contributed by atoms with Gasteiger partial charge in [-0.2, -0.15) is 0 Å². The summed E-state index contributed by atoms with van der Waals surface area (Å²) in [6.45, 7) is 1.42. The smallest absolute Gasteiger partial charge is 0.342 e. The largest absolute Gasteiger partial charge is 0.469 e. The Balaban J connectivity index is 1.64. The van der Waals surface area contributed by atoms with E-state index in [-0.39, 0.29) is 18.6 Å².